The second-order valence-corrected chi connectivity index (χ2v) is 3.97. The molecule has 0 atom stereocenters. The molecule has 1 aromatic carbocycles. The van der Waals surface area contributed by atoms with Gasteiger partial charge in [-0.3, -0.25) is 0 Å². The van der Waals surface area contributed by atoms with Gasteiger partial charge in [0.2, 0.25) is 0 Å². The van der Waals surface area contributed by atoms with E-state index in [9.17, 15) is 0 Å². The van der Waals surface area contributed by atoms with Crippen molar-refractivity contribution in [2.24, 2.45) is 5.73 Å². The van der Waals surface area contributed by atoms with E-state index in [1.165, 1.54) is 0 Å². The molecule has 1 heterocycles. The Hall–Kier alpha value is -1.06. The van der Waals surface area contributed by atoms with Crippen molar-refractivity contribution in [1.29, 1.82) is 0 Å². The zero-order chi connectivity index (χ0) is 10.7. The van der Waals surface area contributed by atoms with Gasteiger partial charge in [0.25, 0.3) is 0 Å². The first kappa shape index (κ1) is 10.5. The lowest BCUT2D eigenvalue weighted by Gasteiger charge is -2.34. The molecule has 0 aliphatic carbocycles. The van der Waals surface area contributed by atoms with Crippen molar-refractivity contribution in [1.82, 2.24) is 0 Å². The average Bonchev–Trinajstić information content (AvgIpc) is 2.30. The molecule has 2 rings (SSSR count). The second-order valence-electron chi connectivity index (χ2n) is 3.97. The van der Waals surface area contributed by atoms with Crippen LogP contribution in [-0.4, -0.2) is 20.3 Å². The summed E-state index contributed by atoms with van der Waals surface area (Å²) in [6.07, 6.45) is 1.71. The van der Waals surface area contributed by atoms with Crippen LogP contribution in [0, 0.1) is 0 Å². The van der Waals surface area contributed by atoms with Gasteiger partial charge < -0.3 is 15.2 Å². The highest BCUT2D eigenvalue weighted by Gasteiger charge is 2.32. The van der Waals surface area contributed by atoms with E-state index < -0.39 is 0 Å². The van der Waals surface area contributed by atoms with E-state index >= 15 is 0 Å². The molecular weight excluding hydrogens is 190 g/mol. The molecule has 1 saturated heterocycles. The summed E-state index contributed by atoms with van der Waals surface area (Å²) in [5.41, 5.74) is 7.20. The quantitative estimate of drug-likeness (QED) is 0.802. The average molecular weight is 207 g/mol. The number of methoxy groups -OCH3 is 1. The molecule has 3 nitrogen and oxygen atoms in total. The summed E-state index contributed by atoms with van der Waals surface area (Å²) in [4.78, 5) is 0. The summed E-state index contributed by atoms with van der Waals surface area (Å²) in [5, 5.41) is 0. The van der Waals surface area contributed by atoms with Crippen LogP contribution in [0.4, 0.5) is 0 Å². The number of para-hydroxylation sites is 1. The lowest BCUT2D eigenvalue weighted by Crippen LogP contribution is -2.42. The standard InChI is InChI=1S/C12H17NO2/c1-14-11-5-3-2-4-10(11)12(13)6-8-15-9-7-12/h2-5H,6-9,13H2,1H3. The minimum atomic E-state index is -0.287. The number of rotatable bonds is 2. The highest BCUT2D eigenvalue weighted by molar-refractivity contribution is 5.39. The Morgan fingerprint density at radius 1 is 1.27 bits per heavy atom. The third kappa shape index (κ3) is 1.98. The van der Waals surface area contributed by atoms with E-state index in [-0.39, 0.29) is 5.54 Å². The molecule has 2 N–H and O–H groups in total. The Morgan fingerprint density at radius 3 is 2.60 bits per heavy atom. The van der Waals surface area contributed by atoms with Gasteiger partial charge in [0, 0.05) is 24.3 Å². The van der Waals surface area contributed by atoms with Gasteiger partial charge in [-0.1, -0.05) is 18.2 Å². The van der Waals surface area contributed by atoms with Crippen molar-refractivity contribution in [2.75, 3.05) is 20.3 Å². The van der Waals surface area contributed by atoms with Crippen LogP contribution in [-0.2, 0) is 10.3 Å². The van der Waals surface area contributed by atoms with E-state index in [4.69, 9.17) is 15.2 Å². The molecule has 0 bridgehead atoms. The maximum atomic E-state index is 6.40. The van der Waals surface area contributed by atoms with Crippen LogP contribution >= 0.6 is 0 Å². The zero-order valence-electron chi connectivity index (χ0n) is 9.03. The van der Waals surface area contributed by atoms with Crippen molar-refractivity contribution >= 4 is 0 Å². The number of hydrogen-bond acceptors (Lipinski definition) is 3. The van der Waals surface area contributed by atoms with E-state index in [2.05, 4.69) is 0 Å². The van der Waals surface area contributed by atoms with Gasteiger partial charge in [0.1, 0.15) is 5.75 Å². The molecule has 0 radical (unpaired) electrons. The van der Waals surface area contributed by atoms with E-state index in [0.717, 1.165) is 37.4 Å². The van der Waals surface area contributed by atoms with Crippen molar-refractivity contribution in [2.45, 2.75) is 18.4 Å². The Bertz CT molecular complexity index is 332. The van der Waals surface area contributed by atoms with Gasteiger partial charge in [-0.15, -0.1) is 0 Å². The Kier molecular flexibility index (Phi) is 2.93. The van der Waals surface area contributed by atoms with Crippen LogP contribution < -0.4 is 10.5 Å². The van der Waals surface area contributed by atoms with Gasteiger partial charge in [0.05, 0.1) is 7.11 Å². The third-order valence-electron chi connectivity index (χ3n) is 3.03. The van der Waals surface area contributed by atoms with Gasteiger partial charge >= 0.3 is 0 Å². The fourth-order valence-corrected chi connectivity index (χ4v) is 2.06. The number of hydrogen-bond donors (Lipinski definition) is 1. The zero-order valence-corrected chi connectivity index (χ0v) is 9.03. The predicted molar refractivity (Wildman–Crippen MR) is 58.9 cm³/mol. The normalized spacial score (nSPS) is 19.9. The van der Waals surface area contributed by atoms with E-state index in [0.29, 0.717) is 0 Å². The number of benzene rings is 1. The molecule has 1 aromatic rings. The van der Waals surface area contributed by atoms with Crippen molar-refractivity contribution < 1.29 is 9.47 Å². The molecule has 0 aromatic heterocycles. The van der Waals surface area contributed by atoms with Gasteiger partial charge in [-0.05, 0) is 18.9 Å². The monoisotopic (exact) mass is 207 g/mol. The highest BCUT2D eigenvalue weighted by atomic mass is 16.5. The van der Waals surface area contributed by atoms with E-state index in [1.807, 2.05) is 24.3 Å². The largest absolute Gasteiger partial charge is 0.496 e. The first-order valence-corrected chi connectivity index (χ1v) is 5.26. The van der Waals surface area contributed by atoms with Gasteiger partial charge in [-0.25, -0.2) is 0 Å². The van der Waals surface area contributed by atoms with Crippen LogP contribution in [0.2, 0.25) is 0 Å². The van der Waals surface area contributed by atoms with Crippen LogP contribution in [0.5, 0.6) is 5.75 Å². The molecular formula is C12H17NO2. The van der Waals surface area contributed by atoms with Crippen LogP contribution in [0.25, 0.3) is 0 Å². The Morgan fingerprint density at radius 2 is 1.93 bits per heavy atom. The molecule has 1 aliphatic rings. The Balaban J connectivity index is 2.34. The van der Waals surface area contributed by atoms with Crippen LogP contribution in [0.15, 0.2) is 24.3 Å². The number of nitrogens with two attached hydrogens (primary N) is 1. The highest BCUT2D eigenvalue weighted by Crippen LogP contribution is 2.34. The maximum Gasteiger partial charge on any atom is 0.123 e. The molecule has 1 aliphatic heterocycles. The van der Waals surface area contributed by atoms with Crippen LogP contribution in [0.3, 0.4) is 0 Å². The summed E-state index contributed by atoms with van der Waals surface area (Å²) in [5.74, 6) is 0.877. The topological polar surface area (TPSA) is 44.5 Å². The van der Waals surface area contributed by atoms with E-state index in [1.54, 1.807) is 7.11 Å². The summed E-state index contributed by atoms with van der Waals surface area (Å²) in [6, 6.07) is 7.97. The molecule has 3 heteroatoms. The predicted octanol–water partition coefficient (Wildman–Crippen LogP) is 1.66. The third-order valence-corrected chi connectivity index (χ3v) is 3.03. The van der Waals surface area contributed by atoms with Gasteiger partial charge in [0.15, 0.2) is 0 Å². The molecule has 1 fully saturated rings. The van der Waals surface area contributed by atoms with Crippen molar-refractivity contribution in [3.8, 4) is 5.75 Å². The molecule has 0 amide bonds. The molecule has 0 saturated carbocycles. The number of ether oxygens (including phenoxy) is 2. The summed E-state index contributed by atoms with van der Waals surface area (Å²) in [6.45, 7) is 1.46. The lowest BCUT2D eigenvalue weighted by atomic mass is 9.83. The molecule has 0 spiro atoms. The fourth-order valence-electron chi connectivity index (χ4n) is 2.06. The fraction of sp³-hybridized carbons (Fsp3) is 0.500. The first-order chi connectivity index (χ1) is 7.26. The smallest absolute Gasteiger partial charge is 0.123 e. The maximum absolute atomic E-state index is 6.40. The van der Waals surface area contributed by atoms with Crippen molar-refractivity contribution in [3.05, 3.63) is 29.8 Å². The second kappa shape index (κ2) is 4.21. The summed E-state index contributed by atoms with van der Waals surface area (Å²) in [7, 11) is 1.68. The SMILES string of the molecule is COc1ccccc1C1(N)CCOCC1. The first-order valence-electron chi connectivity index (χ1n) is 5.26. The minimum absolute atomic E-state index is 0.287. The lowest BCUT2D eigenvalue weighted by molar-refractivity contribution is 0.0514. The summed E-state index contributed by atoms with van der Waals surface area (Å²) < 4.78 is 10.7. The molecule has 82 valence electrons. The van der Waals surface area contributed by atoms with Crippen molar-refractivity contribution in [3.63, 3.8) is 0 Å². The van der Waals surface area contributed by atoms with Gasteiger partial charge in [-0.2, -0.15) is 0 Å². The minimum Gasteiger partial charge on any atom is -0.496 e. The van der Waals surface area contributed by atoms with Crippen LogP contribution in [0.1, 0.15) is 18.4 Å². The molecule has 0 unspecified atom stereocenters. The summed E-state index contributed by atoms with van der Waals surface area (Å²) >= 11 is 0. The molecule has 15 heavy (non-hydrogen) atoms. The Labute approximate surface area is 90.2 Å².